The molecule has 0 radical (unpaired) electrons. The van der Waals surface area contributed by atoms with Crippen LogP contribution in [0.15, 0.2) is 11.3 Å². The van der Waals surface area contributed by atoms with Gasteiger partial charge in [0.1, 0.15) is 0 Å². The van der Waals surface area contributed by atoms with Crippen LogP contribution in [0.4, 0.5) is 0 Å². The zero-order chi connectivity index (χ0) is 7.44. The highest BCUT2D eigenvalue weighted by Gasteiger charge is 1.96. The lowest BCUT2D eigenvalue weighted by molar-refractivity contribution is 1.29. The van der Waals surface area contributed by atoms with Crippen LogP contribution in [0.2, 0.25) is 0 Å². The summed E-state index contributed by atoms with van der Waals surface area (Å²) in [6.07, 6.45) is 1.09. The van der Waals surface area contributed by atoms with Crippen LogP contribution in [0.5, 0.6) is 0 Å². The Kier molecular flexibility index (Phi) is 2.64. The molecule has 0 aliphatic heterocycles. The number of hydrogen-bond donors (Lipinski definition) is 3. The van der Waals surface area contributed by atoms with E-state index in [-0.39, 0.29) is 0 Å². The van der Waals surface area contributed by atoms with Gasteiger partial charge in [0.25, 0.3) is 0 Å². The lowest BCUT2D eigenvalue weighted by Gasteiger charge is -1.98. The number of rotatable bonds is 2. The molecule has 3 heteroatoms. The first kappa shape index (κ1) is 7.88. The third kappa shape index (κ3) is 2.08. The van der Waals surface area contributed by atoms with Crippen LogP contribution in [0.1, 0.15) is 13.8 Å². The molecule has 0 aliphatic rings. The number of allylic oxidation sites excluding steroid dienone is 2. The lowest BCUT2D eigenvalue weighted by Crippen LogP contribution is -2.05. The normalized spacial score (nSPS) is 12.2. The zero-order valence-electron chi connectivity index (χ0n) is 5.65. The van der Waals surface area contributed by atoms with Crippen molar-refractivity contribution in [2.75, 3.05) is 0 Å². The summed E-state index contributed by atoms with van der Waals surface area (Å²) in [6, 6.07) is 0. The summed E-state index contributed by atoms with van der Waals surface area (Å²) in [5.74, 6) is 0. The van der Waals surface area contributed by atoms with E-state index in [1.54, 1.807) is 13.8 Å². The smallest absolute Gasteiger partial charge is 0.0387 e. The summed E-state index contributed by atoms with van der Waals surface area (Å²) in [7, 11) is 0. The van der Waals surface area contributed by atoms with E-state index in [0.717, 1.165) is 6.21 Å². The summed E-state index contributed by atoms with van der Waals surface area (Å²) in [6.45, 7) is 3.29. The van der Waals surface area contributed by atoms with E-state index >= 15 is 0 Å². The van der Waals surface area contributed by atoms with Crippen molar-refractivity contribution in [3.05, 3.63) is 11.3 Å². The Morgan fingerprint density at radius 1 is 1.44 bits per heavy atom. The number of hydrogen-bond acceptors (Lipinski definition) is 3. The summed E-state index contributed by atoms with van der Waals surface area (Å²) in [5, 5.41) is 13.9. The van der Waals surface area contributed by atoms with Gasteiger partial charge in [-0.15, -0.1) is 0 Å². The zero-order valence-corrected chi connectivity index (χ0v) is 5.65. The van der Waals surface area contributed by atoms with Crippen molar-refractivity contribution in [2.45, 2.75) is 13.8 Å². The maximum Gasteiger partial charge on any atom is 0.0387 e. The van der Waals surface area contributed by atoms with Crippen molar-refractivity contribution in [2.24, 2.45) is 5.73 Å². The Labute approximate surface area is 54.6 Å². The van der Waals surface area contributed by atoms with Crippen LogP contribution in [-0.2, 0) is 0 Å². The Morgan fingerprint density at radius 3 is 1.89 bits per heavy atom. The van der Waals surface area contributed by atoms with Gasteiger partial charge in [-0.3, -0.25) is 0 Å². The predicted octanol–water partition coefficient (Wildman–Crippen LogP) is 0.908. The van der Waals surface area contributed by atoms with Crippen molar-refractivity contribution in [1.29, 1.82) is 10.8 Å². The largest absolute Gasteiger partial charge is 0.402 e. The van der Waals surface area contributed by atoms with Gasteiger partial charge in [0.2, 0.25) is 0 Å². The maximum absolute atomic E-state index is 7.09. The minimum atomic E-state index is 0.338. The van der Waals surface area contributed by atoms with E-state index in [4.69, 9.17) is 16.6 Å². The predicted molar refractivity (Wildman–Crippen MR) is 39.1 cm³/mol. The van der Waals surface area contributed by atoms with Gasteiger partial charge < -0.3 is 16.6 Å². The molecule has 50 valence electrons. The van der Waals surface area contributed by atoms with E-state index in [0.29, 0.717) is 17.0 Å². The number of nitrogens with two attached hydrogens (primary N) is 1. The van der Waals surface area contributed by atoms with Crippen LogP contribution in [-0.4, -0.2) is 11.9 Å². The molecular formula is C6H11N3. The molecule has 0 saturated carbocycles. The van der Waals surface area contributed by atoms with Gasteiger partial charge >= 0.3 is 0 Å². The van der Waals surface area contributed by atoms with Crippen molar-refractivity contribution >= 4 is 11.9 Å². The minimum absolute atomic E-state index is 0.338. The van der Waals surface area contributed by atoms with E-state index in [2.05, 4.69) is 0 Å². The molecule has 0 fully saturated rings. The van der Waals surface area contributed by atoms with Crippen molar-refractivity contribution < 1.29 is 0 Å². The van der Waals surface area contributed by atoms with Gasteiger partial charge in [-0.2, -0.15) is 0 Å². The molecule has 0 aromatic rings. The molecular weight excluding hydrogens is 114 g/mol. The second kappa shape index (κ2) is 3.02. The van der Waals surface area contributed by atoms with Gasteiger partial charge in [-0.1, -0.05) is 0 Å². The van der Waals surface area contributed by atoms with Crippen molar-refractivity contribution in [1.82, 2.24) is 0 Å². The Balaban J connectivity index is 4.55. The quantitative estimate of drug-likeness (QED) is 0.471. The average molecular weight is 125 g/mol. The molecule has 9 heavy (non-hydrogen) atoms. The standard InChI is InChI=1S/C6H11N3/c1-4(8)6(3-7)5(2)9/h3,7-8H,9H2,1-2H3/b6-5-,7-3?,8-4?. The first-order valence-electron chi connectivity index (χ1n) is 2.62. The van der Waals surface area contributed by atoms with Gasteiger partial charge in [0.05, 0.1) is 0 Å². The van der Waals surface area contributed by atoms with E-state index in [1.165, 1.54) is 0 Å². The molecule has 0 amide bonds. The van der Waals surface area contributed by atoms with Crippen molar-refractivity contribution in [3.8, 4) is 0 Å². The molecule has 0 spiro atoms. The Morgan fingerprint density at radius 2 is 1.89 bits per heavy atom. The second-order valence-electron chi connectivity index (χ2n) is 1.87. The molecule has 0 aromatic heterocycles. The van der Waals surface area contributed by atoms with Crippen LogP contribution in [0, 0.1) is 10.8 Å². The Bertz CT molecular complexity index is 163. The third-order valence-electron chi connectivity index (χ3n) is 0.973. The maximum atomic E-state index is 7.09. The highest BCUT2D eigenvalue weighted by Crippen LogP contribution is 1.95. The molecule has 0 aromatic carbocycles. The molecule has 0 unspecified atom stereocenters. The first-order chi connectivity index (χ1) is 4.09. The summed E-state index contributed by atoms with van der Waals surface area (Å²) >= 11 is 0. The fraction of sp³-hybridized carbons (Fsp3) is 0.333. The molecule has 0 aliphatic carbocycles. The van der Waals surface area contributed by atoms with Crippen LogP contribution in [0.3, 0.4) is 0 Å². The number of nitrogens with one attached hydrogen (secondary N) is 2. The highest BCUT2D eigenvalue weighted by molar-refractivity contribution is 6.13. The van der Waals surface area contributed by atoms with E-state index in [9.17, 15) is 0 Å². The topological polar surface area (TPSA) is 73.7 Å². The SMILES string of the molecule is CC(=N)/C(C=N)=C(/C)N. The molecule has 0 heterocycles. The van der Waals surface area contributed by atoms with Crippen LogP contribution < -0.4 is 5.73 Å². The lowest BCUT2D eigenvalue weighted by atomic mass is 10.1. The molecule has 4 N–H and O–H groups in total. The molecule has 0 rings (SSSR count). The Hall–Kier alpha value is -1.12. The molecule has 0 saturated heterocycles. The summed E-state index contributed by atoms with van der Waals surface area (Å²) in [4.78, 5) is 0. The van der Waals surface area contributed by atoms with E-state index in [1.807, 2.05) is 0 Å². The fourth-order valence-corrected chi connectivity index (χ4v) is 0.518. The third-order valence-corrected chi connectivity index (χ3v) is 0.973. The molecule has 0 atom stereocenters. The second-order valence-corrected chi connectivity index (χ2v) is 1.87. The minimum Gasteiger partial charge on any atom is -0.402 e. The average Bonchev–Trinajstić information content (AvgIpc) is 1.64. The molecule has 3 nitrogen and oxygen atoms in total. The first-order valence-corrected chi connectivity index (χ1v) is 2.62. The highest BCUT2D eigenvalue weighted by atomic mass is 14.6. The monoisotopic (exact) mass is 125 g/mol. The summed E-state index contributed by atoms with van der Waals surface area (Å²) in [5.41, 5.74) is 6.71. The van der Waals surface area contributed by atoms with Gasteiger partial charge in [-0.25, -0.2) is 0 Å². The van der Waals surface area contributed by atoms with Crippen LogP contribution >= 0.6 is 0 Å². The van der Waals surface area contributed by atoms with Gasteiger partial charge in [-0.05, 0) is 13.8 Å². The van der Waals surface area contributed by atoms with Crippen LogP contribution in [0.25, 0.3) is 0 Å². The fourth-order valence-electron chi connectivity index (χ4n) is 0.518. The van der Waals surface area contributed by atoms with E-state index < -0.39 is 0 Å². The summed E-state index contributed by atoms with van der Waals surface area (Å²) < 4.78 is 0. The molecule has 0 bridgehead atoms. The van der Waals surface area contributed by atoms with Gasteiger partial charge in [0.15, 0.2) is 0 Å². The van der Waals surface area contributed by atoms with Crippen molar-refractivity contribution in [3.63, 3.8) is 0 Å². The van der Waals surface area contributed by atoms with Gasteiger partial charge in [0, 0.05) is 23.2 Å².